The number of methoxy groups -OCH3 is 1. The zero-order valence-electron chi connectivity index (χ0n) is 9.06. The van der Waals surface area contributed by atoms with Gasteiger partial charge >= 0.3 is 5.97 Å². The van der Waals surface area contributed by atoms with E-state index in [1.807, 2.05) is 0 Å². The Hall–Kier alpha value is -1.55. The molecule has 1 aliphatic rings. The van der Waals surface area contributed by atoms with Crippen molar-refractivity contribution in [2.75, 3.05) is 7.11 Å². The summed E-state index contributed by atoms with van der Waals surface area (Å²) in [5, 5.41) is 18.4. The molecule has 0 radical (unpaired) electrons. The molecule has 0 aromatic heterocycles. The van der Waals surface area contributed by atoms with Crippen LogP contribution in [0.15, 0.2) is 18.2 Å². The number of aliphatic hydroxyl groups is 1. The lowest BCUT2D eigenvalue weighted by Gasteiger charge is -2.17. The number of aliphatic hydroxyl groups excluding tert-OH is 1. The number of hydrogen-bond acceptors (Lipinski definition) is 3. The minimum absolute atomic E-state index is 0.146. The summed E-state index contributed by atoms with van der Waals surface area (Å²) in [5.74, 6) is -0.314. The predicted molar refractivity (Wildman–Crippen MR) is 57.5 cm³/mol. The molecule has 86 valence electrons. The quantitative estimate of drug-likeness (QED) is 0.805. The first-order valence-corrected chi connectivity index (χ1v) is 5.16. The van der Waals surface area contributed by atoms with E-state index in [4.69, 9.17) is 4.74 Å². The predicted octanol–water partition coefficient (Wildman–Crippen LogP) is 1.30. The summed E-state index contributed by atoms with van der Waals surface area (Å²) in [4.78, 5) is 11.2. The van der Waals surface area contributed by atoms with Gasteiger partial charge in [-0.2, -0.15) is 0 Å². The number of carboxylic acids is 1. The van der Waals surface area contributed by atoms with E-state index in [-0.39, 0.29) is 6.61 Å². The molecular formula is C12H14O4. The summed E-state index contributed by atoms with van der Waals surface area (Å²) in [6.45, 7) is -0.146. The average molecular weight is 222 g/mol. The SMILES string of the molecule is COc1c(CO)cccc1C1(C(=O)O)CC1. The van der Waals surface area contributed by atoms with Crippen molar-refractivity contribution in [1.82, 2.24) is 0 Å². The smallest absolute Gasteiger partial charge is 0.314 e. The van der Waals surface area contributed by atoms with Gasteiger partial charge < -0.3 is 14.9 Å². The second-order valence-electron chi connectivity index (χ2n) is 4.04. The summed E-state index contributed by atoms with van der Waals surface area (Å²) in [5.41, 5.74) is 0.512. The van der Waals surface area contributed by atoms with Gasteiger partial charge in [0.05, 0.1) is 19.1 Å². The van der Waals surface area contributed by atoms with Crippen molar-refractivity contribution in [3.05, 3.63) is 29.3 Å². The van der Waals surface area contributed by atoms with E-state index in [2.05, 4.69) is 0 Å². The highest BCUT2D eigenvalue weighted by atomic mass is 16.5. The van der Waals surface area contributed by atoms with Gasteiger partial charge in [-0.05, 0) is 12.8 Å². The van der Waals surface area contributed by atoms with E-state index in [1.165, 1.54) is 7.11 Å². The van der Waals surface area contributed by atoms with Crippen LogP contribution >= 0.6 is 0 Å². The second kappa shape index (κ2) is 3.79. The summed E-state index contributed by atoms with van der Waals surface area (Å²) in [6.07, 6.45) is 1.27. The van der Waals surface area contributed by atoms with Crippen molar-refractivity contribution in [1.29, 1.82) is 0 Å². The Kier molecular flexibility index (Phi) is 2.59. The van der Waals surface area contributed by atoms with Crippen LogP contribution < -0.4 is 4.74 Å². The molecular weight excluding hydrogens is 208 g/mol. The number of ether oxygens (including phenoxy) is 1. The van der Waals surface area contributed by atoms with Gasteiger partial charge in [-0.1, -0.05) is 18.2 Å². The van der Waals surface area contributed by atoms with E-state index in [0.29, 0.717) is 29.7 Å². The molecule has 0 aliphatic heterocycles. The first-order valence-electron chi connectivity index (χ1n) is 5.16. The zero-order chi connectivity index (χ0) is 11.8. The van der Waals surface area contributed by atoms with Crippen LogP contribution in [0, 0.1) is 0 Å². The van der Waals surface area contributed by atoms with Crippen LogP contribution in [0.3, 0.4) is 0 Å². The van der Waals surface area contributed by atoms with Crippen molar-refractivity contribution in [3.8, 4) is 5.75 Å². The van der Waals surface area contributed by atoms with E-state index in [9.17, 15) is 15.0 Å². The van der Waals surface area contributed by atoms with Crippen LogP contribution in [0.5, 0.6) is 5.75 Å². The number of carbonyl (C=O) groups is 1. The molecule has 0 spiro atoms. The van der Waals surface area contributed by atoms with Gasteiger partial charge in [-0.15, -0.1) is 0 Å². The average Bonchev–Trinajstić information content (AvgIpc) is 3.09. The third kappa shape index (κ3) is 1.46. The Morgan fingerprint density at radius 2 is 2.19 bits per heavy atom. The van der Waals surface area contributed by atoms with Gasteiger partial charge in [-0.25, -0.2) is 0 Å². The maximum atomic E-state index is 11.2. The molecule has 0 unspecified atom stereocenters. The largest absolute Gasteiger partial charge is 0.496 e. The Balaban J connectivity index is 2.53. The van der Waals surface area contributed by atoms with Crippen LogP contribution in [0.1, 0.15) is 24.0 Å². The van der Waals surface area contributed by atoms with Gasteiger partial charge in [-0.3, -0.25) is 4.79 Å². The summed E-state index contributed by atoms with van der Waals surface area (Å²) in [7, 11) is 1.50. The standard InChI is InChI=1S/C12H14O4/c1-16-10-8(7-13)3-2-4-9(10)12(5-6-12)11(14)15/h2-4,13H,5-7H2,1H3,(H,14,15). The van der Waals surface area contributed by atoms with E-state index >= 15 is 0 Å². The third-order valence-corrected chi connectivity index (χ3v) is 3.15. The molecule has 0 heterocycles. The van der Waals surface area contributed by atoms with Crippen molar-refractivity contribution in [3.63, 3.8) is 0 Å². The molecule has 16 heavy (non-hydrogen) atoms. The topological polar surface area (TPSA) is 66.8 Å². The number of para-hydroxylation sites is 1. The molecule has 2 N–H and O–H groups in total. The van der Waals surface area contributed by atoms with Crippen LogP contribution in [-0.4, -0.2) is 23.3 Å². The van der Waals surface area contributed by atoms with Crippen molar-refractivity contribution in [2.24, 2.45) is 0 Å². The molecule has 4 heteroatoms. The minimum atomic E-state index is -0.819. The highest BCUT2D eigenvalue weighted by Gasteiger charge is 2.53. The number of benzene rings is 1. The van der Waals surface area contributed by atoms with Gasteiger partial charge in [0.1, 0.15) is 5.75 Å². The fourth-order valence-electron chi connectivity index (χ4n) is 2.05. The number of carboxylic acid groups (broad SMARTS) is 1. The fourth-order valence-corrected chi connectivity index (χ4v) is 2.05. The van der Waals surface area contributed by atoms with Gasteiger partial charge in [0.25, 0.3) is 0 Å². The zero-order valence-corrected chi connectivity index (χ0v) is 9.06. The lowest BCUT2D eigenvalue weighted by Crippen LogP contribution is -2.20. The first-order chi connectivity index (χ1) is 7.65. The third-order valence-electron chi connectivity index (χ3n) is 3.15. The maximum absolute atomic E-state index is 11.2. The highest BCUT2D eigenvalue weighted by Crippen LogP contribution is 2.52. The summed E-state index contributed by atoms with van der Waals surface area (Å²) in [6, 6.07) is 5.26. The van der Waals surface area contributed by atoms with Gasteiger partial charge in [0, 0.05) is 11.1 Å². The van der Waals surface area contributed by atoms with Gasteiger partial charge in [0.2, 0.25) is 0 Å². The molecule has 1 aromatic rings. The van der Waals surface area contributed by atoms with E-state index in [0.717, 1.165) is 0 Å². The molecule has 0 bridgehead atoms. The van der Waals surface area contributed by atoms with Crippen molar-refractivity contribution in [2.45, 2.75) is 24.9 Å². The van der Waals surface area contributed by atoms with Crippen molar-refractivity contribution >= 4 is 5.97 Å². The summed E-state index contributed by atoms with van der Waals surface area (Å²) >= 11 is 0. The van der Waals surface area contributed by atoms with E-state index < -0.39 is 11.4 Å². The van der Waals surface area contributed by atoms with Crippen LogP contribution in [0.4, 0.5) is 0 Å². The highest BCUT2D eigenvalue weighted by molar-refractivity contribution is 5.86. The fraction of sp³-hybridized carbons (Fsp3) is 0.417. The lowest BCUT2D eigenvalue weighted by atomic mass is 9.93. The van der Waals surface area contributed by atoms with Crippen LogP contribution in [0.2, 0.25) is 0 Å². The molecule has 1 aliphatic carbocycles. The van der Waals surface area contributed by atoms with Crippen LogP contribution in [0.25, 0.3) is 0 Å². The number of rotatable bonds is 4. The molecule has 1 fully saturated rings. The van der Waals surface area contributed by atoms with E-state index in [1.54, 1.807) is 18.2 Å². The lowest BCUT2D eigenvalue weighted by molar-refractivity contribution is -0.140. The molecule has 1 saturated carbocycles. The molecule has 0 amide bonds. The molecule has 0 saturated heterocycles. The Labute approximate surface area is 93.5 Å². The van der Waals surface area contributed by atoms with Gasteiger partial charge in [0.15, 0.2) is 0 Å². The van der Waals surface area contributed by atoms with Crippen LogP contribution in [-0.2, 0) is 16.8 Å². The first kappa shape index (κ1) is 11.0. The minimum Gasteiger partial charge on any atom is -0.496 e. The molecule has 2 rings (SSSR count). The molecule has 1 aromatic carbocycles. The van der Waals surface area contributed by atoms with Crippen molar-refractivity contribution < 1.29 is 19.7 Å². The second-order valence-corrected chi connectivity index (χ2v) is 4.04. The maximum Gasteiger partial charge on any atom is 0.314 e. The molecule has 4 nitrogen and oxygen atoms in total. The number of hydrogen-bond donors (Lipinski definition) is 2. The Morgan fingerprint density at radius 1 is 1.50 bits per heavy atom. The monoisotopic (exact) mass is 222 g/mol. The summed E-state index contributed by atoms with van der Waals surface area (Å²) < 4.78 is 5.22. The molecule has 0 atom stereocenters. The normalized spacial score (nSPS) is 16.9. The number of aliphatic carboxylic acids is 1. The Bertz CT molecular complexity index is 421. The Morgan fingerprint density at radius 3 is 2.62 bits per heavy atom.